The molecule has 1 aliphatic rings. The molecule has 0 aromatic heterocycles. The molecule has 0 unspecified atom stereocenters. The number of anilines is 1. The van der Waals surface area contributed by atoms with Gasteiger partial charge in [0.15, 0.2) is 0 Å². The second-order valence-corrected chi connectivity index (χ2v) is 4.58. The lowest BCUT2D eigenvalue weighted by Crippen LogP contribution is -2.23. The fraction of sp³-hybridized carbons (Fsp3) is 0.353. The zero-order valence-corrected chi connectivity index (χ0v) is 12.7. The Morgan fingerprint density at radius 3 is 2.43 bits per heavy atom. The minimum absolute atomic E-state index is 0.251. The van der Waals surface area contributed by atoms with E-state index < -0.39 is 0 Å². The number of hydrogen-bond acceptors (Lipinski definition) is 3. The minimum Gasteiger partial charge on any atom is -0.383 e. The van der Waals surface area contributed by atoms with Crippen molar-refractivity contribution < 1.29 is 9.53 Å². The van der Waals surface area contributed by atoms with Crippen molar-refractivity contribution in [3.63, 3.8) is 0 Å². The third-order valence-corrected chi connectivity index (χ3v) is 3.16. The largest absolute Gasteiger partial charge is 0.383 e. The van der Waals surface area contributed by atoms with Crippen molar-refractivity contribution in [1.29, 1.82) is 0 Å². The van der Waals surface area contributed by atoms with E-state index in [-0.39, 0.29) is 5.91 Å². The van der Waals surface area contributed by atoms with Gasteiger partial charge in [-0.1, -0.05) is 31.4 Å². The topological polar surface area (TPSA) is 32.8 Å². The fourth-order valence-corrected chi connectivity index (χ4v) is 1.98. The van der Waals surface area contributed by atoms with E-state index in [1.165, 1.54) is 0 Å². The van der Waals surface area contributed by atoms with Crippen molar-refractivity contribution in [2.45, 2.75) is 12.8 Å². The van der Waals surface area contributed by atoms with E-state index in [9.17, 15) is 4.79 Å². The first-order chi connectivity index (χ1) is 10.2. The molecule has 1 aliphatic heterocycles. The number of carbonyl (C=O) groups is 1. The first-order valence-electron chi connectivity index (χ1n) is 7.08. The van der Waals surface area contributed by atoms with Gasteiger partial charge in [0.25, 0.3) is 0 Å². The zero-order chi connectivity index (χ0) is 15.5. The van der Waals surface area contributed by atoms with Crippen molar-refractivity contribution in [1.82, 2.24) is 4.90 Å². The van der Waals surface area contributed by atoms with E-state index in [0.29, 0.717) is 13.0 Å². The van der Waals surface area contributed by atoms with Crippen LogP contribution in [0.1, 0.15) is 12.8 Å². The average Bonchev–Trinajstić information content (AvgIpc) is 2.96. The summed E-state index contributed by atoms with van der Waals surface area (Å²) in [6, 6.07) is 9.83. The molecule has 1 aromatic rings. The highest BCUT2D eigenvalue weighted by Crippen LogP contribution is 2.19. The molecule has 1 amide bonds. The number of hydrogen-bond donors (Lipinski definition) is 0. The fourth-order valence-electron chi connectivity index (χ4n) is 1.98. The highest BCUT2D eigenvalue weighted by molar-refractivity contribution is 5.95. The van der Waals surface area contributed by atoms with Gasteiger partial charge < -0.3 is 14.5 Å². The number of amides is 1. The number of methoxy groups -OCH3 is 1. The van der Waals surface area contributed by atoms with Gasteiger partial charge in [-0.15, -0.1) is 0 Å². The van der Waals surface area contributed by atoms with Crippen molar-refractivity contribution in [3.05, 3.63) is 55.9 Å². The van der Waals surface area contributed by atoms with Crippen LogP contribution in [0.5, 0.6) is 0 Å². The smallest absolute Gasteiger partial charge is 0.227 e. The number of nitrogens with zero attached hydrogens (tertiary/aromatic N) is 2. The Bertz CT molecular complexity index is 437. The summed E-state index contributed by atoms with van der Waals surface area (Å²) in [6.07, 6.45) is 5.13. The van der Waals surface area contributed by atoms with Crippen molar-refractivity contribution in [2.75, 3.05) is 31.7 Å². The monoisotopic (exact) mass is 288 g/mol. The molecule has 1 heterocycles. The molecule has 0 radical (unpaired) electrons. The Morgan fingerprint density at radius 2 is 1.95 bits per heavy atom. The third-order valence-electron chi connectivity index (χ3n) is 3.16. The van der Waals surface area contributed by atoms with Crippen LogP contribution in [0.15, 0.2) is 55.9 Å². The molecule has 2 rings (SSSR count). The molecule has 0 N–H and O–H groups in total. The van der Waals surface area contributed by atoms with Crippen LogP contribution in [0.2, 0.25) is 0 Å². The van der Waals surface area contributed by atoms with Gasteiger partial charge >= 0.3 is 0 Å². The number of benzene rings is 1. The summed E-state index contributed by atoms with van der Waals surface area (Å²) in [6.45, 7) is 9.57. The molecule has 0 aliphatic carbocycles. The quantitative estimate of drug-likeness (QED) is 0.806. The molecule has 21 heavy (non-hydrogen) atoms. The number of ether oxygens (including phenoxy) is 1. The second kappa shape index (κ2) is 9.77. The van der Waals surface area contributed by atoms with Gasteiger partial charge in [-0.25, -0.2) is 0 Å². The molecule has 114 valence electrons. The first kappa shape index (κ1) is 17.0. The van der Waals surface area contributed by atoms with Crippen LogP contribution < -0.4 is 4.90 Å². The maximum Gasteiger partial charge on any atom is 0.227 e. The summed E-state index contributed by atoms with van der Waals surface area (Å²) in [5, 5.41) is 0. The molecule has 1 saturated heterocycles. The highest BCUT2D eigenvalue weighted by Gasteiger charge is 2.20. The summed E-state index contributed by atoms with van der Waals surface area (Å²) in [7, 11) is 1.67. The van der Waals surface area contributed by atoms with Crippen LogP contribution in [-0.2, 0) is 9.53 Å². The molecule has 0 spiro atoms. The van der Waals surface area contributed by atoms with Gasteiger partial charge in [-0.3, -0.25) is 4.79 Å². The van der Waals surface area contributed by atoms with Crippen molar-refractivity contribution in [3.8, 4) is 0 Å². The lowest BCUT2D eigenvalue weighted by molar-refractivity contribution is -0.117. The Balaban J connectivity index is 0.000000222. The van der Waals surface area contributed by atoms with Crippen molar-refractivity contribution in [2.24, 2.45) is 0 Å². The van der Waals surface area contributed by atoms with E-state index in [1.54, 1.807) is 19.5 Å². The summed E-state index contributed by atoms with van der Waals surface area (Å²) in [5.41, 5.74) is 1.03. The SMILES string of the molecule is C=CN(C=C)CCOC.O=C1CCCN1c1ccccc1. The van der Waals surface area contributed by atoms with Gasteiger partial charge in [0.05, 0.1) is 6.61 Å². The molecule has 1 aromatic carbocycles. The molecular weight excluding hydrogens is 264 g/mol. The first-order valence-corrected chi connectivity index (χ1v) is 7.08. The lowest BCUT2D eigenvalue weighted by atomic mass is 10.3. The predicted octanol–water partition coefficient (Wildman–Crippen LogP) is 3.04. The van der Waals surface area contributed by atoms with Gasteiger partial charge in [0, 0.05) is 32.3 Å². The summed E-state index contributed by atoms with van der Waals surface area (Å²) >= 11 is 0. The molecule has 1 fully saturated rings. The number of carbonyl (C=O) groups excluding carboxylic acids is 1. The Kier molecular flexibility index (Phi) is 7.90. The summed E-state index contributed by atoms with van der Waals surface area (Å²) < 4.78 is 4.84. The van der Waals surface area contributed by atoms with Gasteiger partial charge in [0.1, 0.15) is 0 Å². The molecule has 0 atom stereocenters. The number of rotatable bonds is 6. The maximum absolute atomic E-state index is 11.3. The second-order valence-electron chi connectivity index (χ2n) is 4.58. The van der Waals surface area contributed by atoms with Gasteiger partial charge in [-0.2, -0.15) is 0 Å². The Hall–Kier alpha value is -2.07. The van der Waals surface area contributed by atoms with Crippen LogP contribution >= 0.6 is 0 Å². The predicted molar refractivity (Wildman–Crippen MR) is 87.0 cm³/mol. The van der Waals surface area contributed by atoms with Gasteiger partial charge in [0.2, 0.25) is 5.91 Å². The van der Waals surface area contributed by atoms with E-state index in [4.69, 9.17) is 4.74 Å². The van der Waals surface area contributed by atoms with Gasteiger partial charge in [-0.05, 0) is 31.0 Å². The summed E-state index contributed by atoms with van der Waals surface area (Å²) in [4.78, 5) is 15.0. The van der Waals surface area contributed by atoms with E-state index in [0.717, 1.165) is 25.2 Å². The summed E-state index contributed by atoms with van der Waals surface area (Å²) in [5.74, 6) is 0.251. The van der Waals surface area contributed by atoms with Crippen LogP contribution in [-0.4, -0.2) is 37.6 Å². The van der Waals surface area contributed by atoms with Crippen molar-refractivity contribution >= 4 is 11.6 Å². The number of para-hydroxylation sites is 1. The van der Waals surface area contributed by atoms with Crippen LogP contribution in [0.3, 0.4) is 0 Å². The molecule has 0 bridgehead atoms. The highest BCUT2D eigenvalue weighted by atomic mass is 16.5. The lowest BCUT2D eigenvalue weighted by Gasteiger charge is -2.14. The van der Waals surface area contributed by atoms with E-state index in [1.807, 2.05) is 40.1 Å². The molecule has 4 heteroatoms. The average molecular weight is 288 g/mol. The molecular formula is C17H24N2O2. The normalized spacial score (nSPS) is 13.4. The van der Waals surface area contributed by atoms with Crippen LogP contribution in [0.4, 0.5) is 5.69 Å². The Labute approximate surface area is 127 Å². The third kappa shape index (κ3) is 5.83. The molecule has 0 saturated carbocycles. The van der Waals surface area contributed by atoms with E-state index >= 15 is 0 Å². The zero-order valence-electron chi connectivity index (χ0n) is 12.7. The standard InChI is InChI=1S/C10H11NO.C7H13NO/c12-10-7-4-8-11(10)9-5-2-1-3-6-9;1-4-8(5-2)6-7-9-3/h1-3,5-6H,4,7-8H2;4-5H,1-2,6-7H2,3H3. The van der Waals surface area contributed by atoms with Crippen LogP contribution in [0, 0.1) is 0 Å². The van der Waals surface area contributed by atoms with Crippen LogP contribution in [0.25, 0.3) is 0 Å². The minimum atomic E-state index is 0.251. The van der Waals surface area contributed by atoms with E-state index in [2.05, 4.69) is 13.2 Å². The molecule has 4 nitrogen and oxygen atoms in total. The maximum atomic E-state index is 11.3. The Morgan fingerprint density at radius 1 is 1.29 bits per heavy atom.